The molecule has 1 unspecified atom stereocenters. The Morgan fingerprint density at radius 3 is 2.66 bits per heavy atom. The number of rotatable bonds is 3. The molecule has 1 saturated carbocycles. The molecule has 4 aliphatic rings. The van der Waals surface area contributed by atoms with E-state index in [1.54, 1.807) is 0 Å². The van der Waals surface area contributed by atoms with Crippen molar-refractivity contribution in [2.45, 2.75) is 70.4 Å². The van der Waals surface area contributed by atoms with Gasteiger partial charge in [-0.05, 0) is 38.2 Å². The number of nitriles is 1. The molecule has 3 aliphatic heterocycles. The van der Waals surface area contributed by atoms with Crippen LogP contribution in [0.25, 0.3) is 0 Å². The quantitative estimate of drug-likeness (QED) is 0.721. The molecule has 0 spiro atoms. The molecule has 4 heterocycles. The summed E-state index contributed by atoms with van der Waals surface area (Å²) in [7, 11) is 0. The summed E-state index contributed by atoms with van der Waals surface area (Å²) in [5, 5.41) is 10.1. The highest BCUT2D eigenvalue weighted by Gasteiger charge is 2.36. The van der Waals surface area contributed by atoms with E-state index in [1.807, 2.05) is 4.90 Å². The Bertz CT molecular complexity index is 899. The minimum Gasteiger partial charge on any atom is -0.381 e. The number of pyridine rings is 1. The number of fused-ring (bicyclic) bond motifs is 1. The zero-order chi connectivity index (χ0) is 22.1. The SMILES string of the molecule is C[C@@H]1CN(c2nc(C3CCCCC3)c3c(c2C#N)CCOC3)CCN1C(=O)C1CCOC1. The zero-order valence-electron chi connectivity index (χ0n) is 19.1. The highest BCUT2D eigenvalue weighted by Crippen LogP contribution is 2.39. The fraction of sp³-hybridized carbons (Fsp3) is 0.720. The lowest BCUT2D eigenvalue weighted by atomic mass is 9.82. The van der Waals surface area contributed by atoms with Crippen molar-refractivity contribution < 1.29 is 14.3 Å². The number of piperazine rings is 1. The summed E-state index contributed by atoms with van der Waals surface area (Å²) in [6.45, 7) is 6.67. The van der Waals surface area contributed by atoms with Crippen molar-refractivity contribution in [3.63, 3.8) is 0 Å². The van der Waals surface area contributed by atoms with E-state index in [1.165, 1.54) is 43.4 Å². The maximum Gasteiger partial charge on any atom is 0.228 e. The van der Waals surface area contributed by atoms with Crippen LogP contribution in [0.3, 0.4) is 0 Å². The molecule has 2 atom stereocenters. The Hall–Kier alpha value is -2.17. The summed E-state index contributed by atoms with van der Waals surface area (Å²) in [6, 6.07) is 2.57. The first kappa shape index (κ1) is 21.7. The van der Waals surface area contributed by atoms with Gasteiger partial charge in [-0.2, -0.15) is 5.26 Å². The maximum absolute atomic E-state index is 13.0. The van der Waals surface area contributed by atoms with Crippen LogP contribution in [0.1, 0.15) is 73.8 Å². The van der Waals surface area contributed by atoms with Crippen molar-refractivity contribution in [3.8, 4) is 6.07 Å². The Morgan fingerprint density at radius 2 is 1.94 bits per heavy atom. The molecule has 0 aromatic carbocycles. The van der Waals surface area contributed by atoms with Crippen LogP contribution >= 0.6 is 0 Å². The Labute approximate surface area is 190 Å². The van der Waals surface area contributed by atoms with Crippen LogP contribution in [-0.2, 0) is 27.3 Å². The third-order valence-corrected chi connectivity index (χ3v) is 7.76. The molecule has 0 N–H and O–H groups in total. The highest BCUT2D eigenvalue weighted by molar-refractivity contribution is 5.80. The van der Waals surface area contributed by atoms with Crippen LogP contribution in [0.15, 0.2) is 0 Å². The van der Waals surface area contributed by atoms with Crippen molar-refractivity contribution in [1.29, 1.82) is 5.26 Å². The third kappa shape index (κ3) is 3.99. The van der Waals surface area contributed by atoms with Crippen molar-refractivity contribution in [1.82, 2.24) is 9.88 Å². The molecule has 1 aromatic heterocycles. The van der Waals surface area contributed by atoms with Crippen LogP contribution in [0.2, 0.25) is 0 Å². The summed E-state index contributed by atoms with van der Waals surface area (Å²) in [4.78, 5) is 22.4. The second kappa shape index (κ2) is 9.36. The number of hydrogen-bond acceptors (Lipinski definition) is 6. The molecule has 1 aromatic rings. The molecule has 0 bridgehead atoms. The monoisotopic (exact) mass is 438 g/mol. The van der Waals surface area contributed by atoms with Gasteiger partial charge < -0.3 is 19.3 Å². The smallest absolute Gasteiger partial charge is 0.228 e. The van der Waals surface area contributed by atoms with Gasteiger partial charge in [0.1, 0.15) is 11.9 Å². The van der Waals surface area contributed by atoms with Crippen LogP contribution in [0.5, 0.6) is 0 Å². The first-order chi connectivity index (χ1) is 15.7. The Morgan fingerprint density at radius 1 is 1.09 bits per heavy atom. The number of carbonyl (C=O) groups is 1. The molecule has 7 nitrogen and oxygen atoms in total. The normalized spacial score (nSPS) is 26.6. The van der Waals surface area contributed by atoms with E-state index in [9.17, 15) is 10.1 Å². The van der Waals surface area contributed by atoms with E-state index in [-0.39, 0.29) is 17.9 Å². The van der Waals surface area contributed by atoms with Gasteiger partial charge in [0.05, 0.1) is 37.0 Å². The van der Waals surface area contributed by atoms with Crippen molar-refractivity contribution in [2.24, 2.45) is 5.92 Å². The standard InChI is InChI=1S/C25H34N4O3/c1-17-14-28(9-10-29(17)25(30)19-7-11-31-15-19)24-21(13-26)20-8-12-32-16-22(20)23(27-24)18-5-3-2-4-6-18/h17-19H,2-12,14-16H2,1H3/t17-,19?/m1/s1. The topological polar surface area (TPSA) is 78.7 Å². The summed E-state index contributed by atoms with van der Waals surface area (Å²) >= 11 is 0. The fourth-order valence-corrected chi connectivity index (χ4v) is 5.96. The summed E-state index contributed by atoms with van der Waals surface area (Å²) in [5.41, 5.74) is 4.21. The predicted molar refractivity (Wildman–Crippen MR) is 120 cm³/mol. The van der Waals surface area contributed by atoms with E-state index in [0.29, 0.717) is 52.0 Å². The molecule has 5 rings (SSSR count). The summed E-state index contributed by atoms with van der Waals surface area (Å²) in [5.74, 6) is 1.51. The van der Waals surface area contributed by atoms with Gasteiger partial charge in [-0.15, -0.1) is 0 Å². The third-order valence-electron chi connectivity index (χ3n) is 7.76. The van der Waals surface area contributed by atoms with Gasteiger partial charge in [0.2, 0.25) is 5.91 Å². The minimum absolute atomic E-state index is 0.00144. The average Bonchev–Trinajstić information content (AvgIpc) is 3.38. The first-order valence-electron chi connectivity index (χ1n) is 12.3. The van der Waals surface area contributed by atoms with Crippen molar-refractivity contribution in [3.05, 3.63) is 22.4 Å². The van der Waals surface area contributed by atoms with Crippen LogP contribution in [0, 0.1) is 17.2 Å². The molecule has 3 fully saturated rings. The number of carbonyl (C=O) groups excluding carboxylic acids is 1. The molecular formula is C25H34N4O3. The van der Waals surface area contributed by atoms with Gasteiger partial charge in [0, 0.05) is 43.8 Å². The number of anilines is 1. The lowest BCUT2D eigenvalue weighted by Crippen LogP contribution is -2.56. The predicted octanol–water partition coefficient (Wildman–Crippen LogP) is 3.15. The summed E-state index contributed by atoms with van der Waals surface area (Å²) in [6.07, 6.45) is 7.75. The molecular weight excluding hydrogens is 404 g/mol. The van der Waals surface area contributed by atoms with Gasteiger partial charge >= 0.3 is 0 Å². The van der Waals surface area contributed by atoms with E-state index in [4.69, 9.17) is 14.5 Å². The van der Waals surface area contributed by atoms with Crippen molar-refractivity contribution in [2.75, 3.05) is 44.4 Å². The second-order valence-electron chi connectivity index (χ2n) is 9.79. The summed E-state index contributed by atoms with van der Waals surface area (Å²) < 4.78 is 11.2. The number of hydrogen-bond donors (Lipinski definition) is 0. The molecule has 2 saturated heterocycles. The average molecular weight is 439 g/mol. The van der Waals surface area contributed by atoms with E-state index < -0.39 is 0 Å². The van der Waals surface area contributed by atoms with Crippen LogP contribution in [0.4, 0.5) is 5.82 Å². The van der Waals surface area contributed by atoms with E-state index in [0.717, 1.165) is 29.8 Å². The van der Waals surface area contributed by atoms with Gasteiger partial charge in [0.25, 0.3) is 0 Å². The number of amides is 1. The first-order valence-corrected chi connectivity index (χ1v) is 12.3. The number of ether oxygens (including phenoxy) is 2. The lowest BCUT2D eigenvalue weighted by molar-refractivity contribution is -0.137. The largest absolute Gasteiger partial charge is 0.381 e. The Balaban J connectivity index is 1.44. The fourth-order valence-electron chi connectivity index (χ4n) is 5.96. The van der Waals surface area contributed by atoms with Gasteiger partial charge in [-0.25, -0.2) is 4.98 Å². The molecule has 32 heavy (non-hydrogen) atoms. The van der Waals surface area contributed by atoms with E-state index >= 15 is 0 Å². The Kier molecular flexibility index (Phi) is 6.34. The maximum atomic E-state index is 13.0. The molecule has 1 amide bonds. The second-order valence-corrected chi connectivity index (χ2v) is 9.79. The van der Waals surface area contributed by atoms with E-state index in [2.05, 4.69) is 17.9 Å². The molecule has 7 heteroatoms. The van der Waals surface area contributed by atoms with Gasteiger partial charge in [0.15, 0.2) is 0 Å². The van der Waals surface area contributed by atoms with Gasteiger partial charge in [-0.3, -0.25) is 4.79 Å². The van der Waals surface area contributed by atoms with Gasteiger partial charge in [-0.1, -0.05) is 19.3 Å². The molecule has 1 aliphatic carbocycles. The van der Waals surface area contributed by atoms with Crippen molar-refractivity contribution >= 4 is 11.7 Å². The lowest BCUT2D eigenvalue weighted by Gasteiger charge is -2.42. The number of aromatic nitrogens is 1. The molecule has 172 valence electrons. The number of nitrogens with zero attached hydrogens (tertiary/aromatic N) is 4. The highest BCUT2D eigenvalue weighted by atomic mass is 16.5. The molecule has 0 radical (unpaired) electrons. The minimum atomic E-state index is -0.00144. The van der Waals surface area contributed by atoms with Crippen LogP contribution in [-0.4, -0.2) is 61.3 Å². The van der Waals surface area contributed by atoms with Crippen LogP contribution < -0.4 is 4.90 Å². The zero-order valence-corrected chi connectivity index (χ0v) is 19.1.